The Morgan fingerprint density at radius 2 is 2.38 bits per heavy atom. The molecule has 0 saturated carbocycles. The molecule has 26 heavy (non-hydrogen) atoms. The van der Waals surface area contributed by atoms with E-state index in [2.05, 4.69) is 28.6 Å². The number of aryl methyl sites for hydroxylation is 1. The van der Waals surface area contributed by atoms with Crippen LogP contribution in [-0.2, 0) is 17.6 Å². The molecule has 0 radical (unpaired) electrons. The molecule has 0 aromatic carbocycles. The highest BCUT2D eigenvalue weighted by Crippen LogP contribution is 2.29. The Labute approximate surface area is 156 Å². The highest BCUT2D eigenvalue weighted by molar-refractivity contribution is 8.00. The zero-order valence-corrected chi connectivity index (χ0v) is 15.8. The van der Waals surface area contributed by atoms with Gasteiger partial charge in [-0.2, -0.15) is 10.3 Å². The van der Waals surface area contributed by atoms with Crippen molar-refractivity contribution >= 4 is 23.6 Å². The fourth-order valence-corrected chi connectivity index (χ4v) is 3.58. The van der Waals surface area contributed by atoms with Crippen LogP contribution in [0.4, 0.5) is 5.88 Å². The van der Waals surface area contributed by atoms with Crippen molar-refractivity contribution in [2.24, 2.45) is 5.92 Å². The monoisotopic (exact) mass is 373 g/mol. The number of nitrogens with zero attached hydrogens (tertiary/aromatic N) is 5. The molecule has 0 bridgehead atoms. The van der Waals surface area contributed by atoms with Crippen molar-refractivity contribution in [3.8, 4) is 6.07 Å². The SMILES string of the molecule is CC1CCc2nc(SCC(=O)Nc3c[n+](N(C)C)no3)c(C#N)cc2C1. The third-order valence-corrected chi connectivity index (χ3v) is 5.18. The Kier molecular flexibility index (Phi) is 5.42. The zero-order valence-electron chi connectivity index (χ0n) is 15.0. The van der Waals surface area contributed by atoms with Gasteiger partial charge in [0.15, 0.2) is 0 Å². The Hall–Kier alpha value is -2.60. The highest BCUT2D eigenvalue weighted by atomic mass is 32.2. The molecule has 9 heteroatoms. The number of rotatable bonds is 5. The van der Waals surface area contributed by atoms with Crippen LogP contribution in [-0.4, -0.2) is 36.0 Å². The standard InChI is InChI=1S/C17H20N6O2S/c1-11-4-5-14-12(6-11)7-13(8-18)17(19-14)26-10-15(24)20-16-9-23(21-25-16)22(2)3/h7,9,11H,4-6,10H2,1-3H3/p+1. The van der Waals surface area contributed by atoms with E-state index in [1.165, 1.54) is 16.6 Å². The van der Waals surface area contributed by atoms with Gasteiger partial charge in [0.2, 0.25) is 11.2 Å². The molecule has 136 valence electrons. The summed E-state index contributed by atoms with van der Waals surface area (Å²) in [5.74, 6) is 0.776. The van der Waals surface area contributed by atoms with Crippen LogP contribution in [0.5, 0.6) is 0 Å². The highest BCUT2D eigenvalue weighted by Gasteiger charge is 2.20. The maximum Gasteiger partial charge on any atom is 0.305 e. The Morgan fingerprint density at radius 1 is 1.58 bits per heavy atom. The molecule has 1 unspecified atom stereocenters. The normalized spacial score (nSPS) is 15.8. The second-order valence-corrected chi connectivity index (χ2v) is 7.54. The minimum Gasteiger partial charge on any atom is -0.288 e. The molecule has 1 atom stereocenters. The first-order valence-electron chi connectivity index (χ1n) is 8.38. The van der Waals surface area contributed by atoms with E-state index in [1.807, 2.05) is 6.07 Å². The molecule has 8 nitrogen and oxygen atoms in total. The quantitative estimate of drug-likeness (QED) is 0.622. The molecular formula is C17H21N6O2S+. The molecule has 1 amide bonds. The number of amides is 1. The summed E-state index contributed by atoms with van der Waals surface area (Å²) < 4.78 is 5.04. The fraction of sp³-hybridized carbons (Fsp3) is 0.471. The molecular weight excluding hydrogens is 352 g/mol. The topological polar surface area (TPSA) is 98.9 Å². The van der Waals surface area contributed by atoms with Gasteiger partial charge in [-0.1, -0.05) is 18.7 Å². The summed E-state index contributed by atoms with van der Waals surface area (Å²) in [6.45, 7) is 2.21. The lowest BCUT2D eigenvalue weighted by Gasteiger charge is -2.21. The lowest BCUT2D eigenvalue weighted by Crippen LogP contribution is -2.53. The van der Waals surface area contributed by atoms with E-state index < -0.39 is 0 Å². The summed E-state index contributed by atoms with van der Waals surface area (Å²) in [6, 6.07) is 4.12. The fourth-order valence-electron chi connectivity index (χ4n) is 2.81. The molecule has 0 fully saturated rings. The number of nitriles is 1. The van der Waals surface area contributed by atoms with E-state index in [1.54, 1.807) is 25.3 Å². The van der Waals surface area contributed by atoms with E-state index >= 15 is 0 Å². The smallest absolute Gasteiger partial charge is 0.288 e. The van der Waals surface area contributed by atoms with Crippen LogP contribution in [0.2, 0.25) is 0 Å². The van der Waals surface area contributed by atoms with Gasteiger partial charge in [0.05, 0.1) is 30.2 Å². The first kappa shape index (κ1) is 18.2. The van der Waals surface area contributed by atoms with E-state index in [-0.39, 0.29) is 17.5 Å². The van der Waals surface area contributed by atoms with Crippen LogP contribution in [0.25, 0.3) is 0 Å². The van der Waals surface area contributed by atoms with Crippen molar-refractivity contribution in [3.63, 3.8) is 0 Å². The van der Waals surface area contributed by atoms with Crippen molar-refractivity contribution in [1.82, 2.24) is 10.3 Å². The Bertz CT molecular complexity index is 857. The maximum atomic E-state index is 12.1. The number of carbonyl (C=O) groups excluding carboxylic acids is 1. The average Bonchev–Trinajstić information content (AvgIpc) is 3.07. The van der Waals surface area contributed by atoms with Gasteiger partial charge in [-0.25, -0.2) is 4.98 Å². The molecule has 0 spiro atoms. The number of pyridine rings is 1. The number of anilines is 1. The van der Waals surface area contributed by atoms with Gasteiger partial charge in [-0.3, -0.25) is 14.6 Å². The number of thioether (sulfide) groups is 1. The summed E-state index contributed by atoms with van der Waals surface area (Å²) in [6.07, 6.45) is 4.56. The summed E-state index contributed by atoms with van der Waals surface area (Å²) >= 11 is 1.26. The first-order chi connectivity index (χ1) is 12.5. The molecule has 2 aromatic rings. The third-order valence-electron chi connectivity index (χ3n) is 4.19. The van der Waals surface area contributed by atoms with Gasteiger partial charge in [0, 0.05) is 5.69 Å². The van der Waals surface area contributed by atoms with Crippen LogP contribution in [0, 0.1) is 17.2 Å². The van der Waals surface area contributed by atoms with Crippen molar-refractivity contribution in [1.29, 1.82) is 5.26 Å². The van der Waals surface area contributed by atoms with Crippen molar-refractivity contribution in [2.75, 3.05) is 30.2 Å². The number of nitrogens with one attached hydrogen (secondary N) is 1. The van der Waals surface area contributed by atoms with Crippen LogP contribution in [0.3, 0.4) is 0 Å². The minimum atomic E-state index is -0.242. The van der Waals surface area contributed by atoms with Crippen LogP contribution in [0.1, 0.15) is 30.2 Å². The van der Waals surface area contributed by atoms with Gasteiger partial charge in [0.25, 0.3) is 6.20 Å². The van der Waals surface area contributed by atoms with Gasteiger partial charge in [-0.15, -0.1) is 0 Å². The summed E-state index contributed by atoms with van der Waals surface area (Å²) in [5, 5.41) is 18.1. The number of hydrogen-bond acceptors (Lipinski definition) is 7. The number of hydrogen-bond donors (Lipinski definition) is 1. The first-order valence-corrected chi connectivity index (χ1v) is 9.36. The lowest BCUT2D eigenvalue weighted by atomic mass is 9.87. The van der Waals surface area contributed by atoms with Crippen LogP contribution >= 0.6 is 11.8 Å². The lowest BCUT2D eigenvalue weighted by molar-refractivity contribution is -0.753. The molecule has 0 aliphatic heterocycles. The maximum absolute atomic E-state index is 12.1. The molecule has 1 N–H and O–H groups in total. The van der Waals surface area contributed by atoms with E-state index in [9.17, 15) is 10.1 Å². The largest absolute Gasteiger partial charge is 0.305 e. The second-order valence-electron chi connectivity index (χ2n) is 6.58. The predicted octanol–water partition coefficient (Wildman–Crippen LogP) is 1.28. The minimum absolute atomic E-state index is 0.138. The summed E-state index contributed by atoms with van der Waals surface area (Å²) in [5.41, 5.74) is 2.73. The molecule has 1 aliphatic rings. The average molecular weight is 373 g/mol. The van der Waals surface area contributed by atoms with Crippen molar-refractivity contribution in [2.45, 2.75) is 31.2 Å². The van der Waals surface area contributed by atoms with Crippen molar-refractivity contribution < 1.29 is 14.1 Å². The molecule has 1 aliphatic carbocycles. The van der Waals surface area contributed by atoms with Crippen molar-refractivity contribution in [3.05, 3.63) is 29.1 Å². The molecule has 2 aromatic heterocycles. The second kappa shape index (κ2) is 7.74. The summed E-state index contributed by atoms with van der Waals surface area (Å²) in [4.78, 5) is 18.2. The van der Waals surface area contributed by atoms with Crippen LogP contribution in [0.15, 0.2) is 21.8 Å². The van der Waals surface area contributed by atoms with E-state index in [0.717, 1.165) is 30.5 Å². The molecule has 2 heterocycles. The number of fused-ring (bicyclic) bond motifs is 1. The van der Waals surface area contributed by atoms with Gasteiger partial charge < -0.3 is 0 Å². The van der Waals surface area contributed by atoms with E-state index in [0.29, 0.717) is 16.5 Å². The Balaban J connectivity index is 1.65. The van der Waals surface area contributed by atoms with Gasteiger partial charge >= 0.3 is 5.88 Å². The number of aromatic nitrogens is 3. The third kappa shape index (κ3) is 4.14. The summed E-state index contributed by atoms with van der Waals surface area (Å²) in [7, 11) is 3.60. The van der Waals surface area contributed by atoms with Gasteiger partial charge in [-0.05, 0) is 36.8 Å². The Morgan fingerprint density at radius 3 is 3.08 bits per heavy atom. The molecule has 0 saturated heterocycles. The predicted molar refractivity (Wildman–Crippen MR) is 96.3 cm³/mol. The zero-order chi connectivity index (χ0) is 18.7. The molecule has 3 rings (SSSR count). The van der Waals surface area contributed by atoms with Gasteiger partial charge in [0.1, 0.15) is 11.1 Å². The van der Waals surface area contributed by atoms with E-state index in [4.69, 9.17) is 4.52 Å². The number of carbonyl (C=O) groups is 1. The van der Waals surface area contributed by atoms with Crippen LogP contribution < -0.4 is 15.1 Å².